The topological polar surface area (TPSA) is 35.5 Å². The molecule has 1 fully saturated rings. The molecular formula is C14H14O3. The summed E-state index contributed by atoms with van der Waals surface area (Å²) in [7, 11) is 1.66. The van der Waals surface area contributed by atoms with Crippen LogP contribution in [0.15, 0.2) is 30.4 Å². The second-order valence-corrected chi connectivity index (χ2v) is 4.69. The molecule has 0 saturated carbocycles. The molecule has 3 nitrogen and oxygen atoms in total. The van der Waals surface area contributed by atoms with Crippen molar-refractivity contribution in [1.29, 1.82) is 0 Å². The van der Waals surface area contributed by atoms with Gasteiger partial charge in [-0.2, -0.15) is 0 Å². The molecular weight excluding hydrogens is 216 g/mol. The highest BCUT2D eigenvalue weighted by Gasteiger charge is 2.48. The van der Waals surface area contributed by atoms with Crippen molar-refractivity contribution in [3.05, 3.63) is 41.5 Å². The Balaban J connectivity index is 2.05. The number of esters is 1. The summed E-state index contributed by atoms with van der Waals surface area (Å²) in [5.74, 6) is 0.595. The highest BCUT2D eigenvalue weighted by Crippen LogP contribution is 2.48. The normalized spacial score (nSPS) is 26.2. The van der Waals surface area contributed by atoms with Crippen LogP contribution in [0.2, 0.25) is 0 Å². The highest BCUT2D eigenvalue weighted by atomic mass is 16.6. The van der Waals surface area contributed by atoms with E-state index in [1.54, 1.807) is 7.11 Å². The van der Waals surface area contributed by atoms with E-state index in [-0.39, 0.29) is 5.97 Å². The maximum Gasteiger partial charge on any atom is 0.334 e. The lowest BCUT2D eigenvalue weighted by Crippen LogP contribution is -2.21. The predicted octanol–water partition coefficient (Wildman–Crippen LogP) is 2.34. The predicted molar refractivity (Wildman–Crippen MR) is 62.8 cm³/mol. The van der Waals surface area contributed by atoms with E-state index >= 15 is 0 Å². The van der Waals surface area contributed by atoms with Gasteiger partial charge in [0, 0.05) is 12.0 Å². The minimum Gasteiger partial charge on any atom is -0.497 e. The number of methoxy groups -OCH3 is 1. The van der Waals surface area contributed by atoms with Crippen LogP contribution >= 0.6 is 0 Å². The SMILES string of the molecule is C=C1CC2(CCc3cc(OC)ccc32)OC1=O. The molecule has 1 aliphatic carbocycles. The zero-order valence-corrected chi connectivity index (χ0v) is 9.79. The molecule has 0 aromatic heterocycles. The van der Waals surface area contributed by atoms with E-state index in [9.17, 15) is 4.79 Å². The summed E-state index contributed by atoms with van der Waals surface area (Å²) >= 11 is 0. The Hall–Kier alpha value is -1.77. The molecule has 3 rings (SSSR count). The maximum absolute atomic E-state index is 11.5. The molecule has 0 amide bonds. The van der Waals surface area contributed by atoms with E-state index in [2.05, 4.69) is 6.58 Å². The molecule has 1 aromatic carbocycles. The van der Waals surface area contributed by atoms with Gasteiger partial charge in [0.15, 0.2) is 0 Å². The van der Waals surface area contributed by atoms with Gasteiger partial charge in [0.25, 0.3) is 0 Å². The molecule has 1 heterocycles. The van der Waals surface area contributed by atoms with E-state index < -0.39 is 5.60 Å². The van der Waals surface area contributed by atoms with Crippen molar-refractivity contribution in [1.82, 2.24) is 0 Å². The number of carbonyl (C=O) groups is 1. The van der Waals surface area contributed by atoms with Crippen LogP contribution in [0.4, 0.5) is 0 Å². The fourth-order valence-corrected chi connectivity index (χ4v) is 2.81. The van der Waals surface area contributed by atoms with Crippen LogP contribution < -0.4 is 4.74 Å². The molecule has 1 aromatic rings. The van der Waals surface area contributed by atoms with Gasteiger partial charge in [-0.05, 0) is 36.1 Å². The Bertz CT molecular complexity index is 500. The number of hydrogen-bond donors (Lipinski definition) is 0. The molecule has 88 valence electrons. The van der Waals surface area contributed by atoms with Gasteiger partial charge in [0.05, 0.1) is 7.11 Å². The summed E-state index contributed by atoms with van der Waals surface area (Å²) in [4.78, 5) is 11.5. The molecule has 0 radical (unpaired) electrons. The summed E-state index contributed by atoms with van der Waals surface area (Å²) in [6.45, 7) is 3.76. The lowest BCUT2D eigenvalue weighted by molar-refractivity contribution is -0.147. The summed E-state index contributed by atoms with van der Waals surface area (Å²) in [6.07, 6.45) is 2.39. The quantitative estimate of drug-likeness (QED) is 0.548. The Morgan fingerprint density at radius 3 is 2.94 bits per heavy atom. The van der Waals surface area contributed by atoms with Crippen LogP contribution in [0, 0.1) is 0 Å². The van der Waals surface area contributed by atoms with Crippen LogP contribution in [0.1, 0.15) is 24.0 Å². The number of aryl methyl sites for hydroxylation is 1. The lowest BCUT2D eigenvalue weighted by atomic mass is 9.91. The Kier molecular flexibility index (Phi) is 2.05. The number of ether oxygens (including phenoxy) is 2. The molecule has 1 spiro atoms. The number of hydrogen-bond acceptors (Lipinski definition) is 3. The first-order valence-corrected chi connectivity index (χ1v) is 5.73. The van der Waals surface area contributed by atoms with E-state index in [0.29, 0.717) is 12.0 Å². The van der Waals surface area contributed by atoms with Crippen LogP contribution in [-0.4, -0.2) is 13.1 Å². The largest absolute Gasteiger partial charge is 0.497 e. The molecule has 2 aliphatic rings. The molecule has 0 N–H and O–H groups in total. The second kappa shape index (κ2) is 3.36. The first kappa shape index (κ1) is 10.4. The van der Waals surface area contributed by atoms with E-state index in [1.165, 1.54) is 5.56 Å². The first-order valence-electron chi connectivity index (χ1n) is 5.73. The van der Waals surface area contributed by atoms with Crippen LogP contribution in [-0.2, 0) is 21.6 Å². The van der Waals surface area contributed by atoms with Crippen molar-refractivity contribution < 1.29 is 14.3 Å². The minimum absolute atomic E-state index is 0.256. The number of benzene rings is 1. The van der Waals surface area contributed by atoms with Crippen molar-refractivity contribution in [2.75, 3.05) is 7.11 Å². The van der Waals surface area contributed by atoms with Crippen molar-refractivity contribution in [2.24, 2.45) is 0 Å². The molecule has 1 aliphatic heterocycles. The van der Waals surface area contributed by atoms with Gasteiger partial charge in [0.1, 0.15) is 11.4 Å². The van der Waals surface area contributed by atoms with E-state index in [0.717, 1.165) is 24.2 Å². The third kappa shape index (κ3) is 1.38. The third-order valence-electron chi connectivity index (χ3n) is 3.68. The van der Waals surface area contributed by atoms with Gasteiger partial charge in [-0.25, -0.2) is 4.79 Å². The summed E-state index contributed by atoms with van der Waals surface area (Å²) in [5.41, 5.74) is 2.46. The van der Waals surface area contributed by atoms with Crippen LogP contribution in [0.3, 0.4) is 0 Å². The van der Waals surface area contributed by atoms with Gasteiger partial charge in [0.2, 0.25) is 0 Å². The van der Waals surface area contributed by atoms with Crippen molar-refractivity contribution in [2.45, 2.75) is 24.9 Å². The Labute approximate surface area is 100 Å². The summed E-state index contributed by atoms with van der Waals surface area (Å²) in [6, 6.07) is 5.95. The van der Waals surface area contributed by atoms with Crippen molar-refractivity contribution >= 4 is 5.97 Å². The summed E-state index contributed by atoms with van der Waals surface area (Å²) in [5, 5.41) is 0. The lowest BCUT2D eigenvalue weighted by Gasteiger charge is -2.22. The molecule has 1 atom stereocenters. The maximum atomic E-state index is 11.5. The third-order valence-corrected chi connectivity index (χ3v) is 3.68. The Morgan fingerprint density at radius 2 is 2.29 bits per heavy atom. The summed E-state index contributed by atoms with van der Waals surface area (Å²) < 4.78 is 10.8. The van der Waals surface area contributed by atoms with Crippen molar-refractivity contribution in [3.63, 3.8) is 0 Å². The van der Waals surface area contributed by atoms with Gasteiger partial charge >= 0.3 is 5.97 Å². The zero-order valence-electron chi connectivity index (χ0n) is 9.79. The highest BCUT2D eigenvalue weighted by molar-refractivity contribution is 5.91. The second-order valence-electron chi connectivity index (χ2n) is 4.69. The van der Waals surface area contributed by atoms with Crippen LogP contribution in [0.25, 0.3) is 0 Å². The van der Waals surface area contributed by atoms with Crippen molar-refractivity contribution in [3.8, 4) is 5.75 Å². The number of fused-ring (bicyclic) bond motifs is 2. The standard InChI is InChI=1S/C14H14O3/c1-9-8-14(17-13(9)15)6-5-10-7-11(16-2)3-4-12(10)14/h3-4,7H,1,5-6,8H2,2H3. The van der Waals surface area contributed by atoms with Gasteiger partial charge in [-0.1, -0.05) is 12.6 Å². The molecule has 0 bridgehead atoms. The minimum atomic E-state index is -0.449. The fraction of sp³-hybridized carbons (Fsp3) is 0.357. The fourth-order valence-electron chi connectivity index (χ4n) is 2.81. The molecule has 3 heteroatoms. The van der Waals surface area contributed by atoms with E-state index in [4.69, 9.17) is 9.47 Å². The molecule has 1 unspecified atom stereocenters. The average molecular weight is 230 g/mol. The monoisotopic (exact) mass is 230 g/mol. The number of carbonyl (C=O) groups excluding carboxylic acids is 1. The number of rotatable bonds is 1. The average Bonchev–Trinajstić information content (AvgIpc) is 2.81. The first-order chi connectivity index (χ1) is 8.14. The zero-order chi connectivity index (χ0) is 12.0. The van der Waals surface area contributed by atoms with Crippen LogP contribution in [0.5, 0.6) is 5.75 Å². The van der Waals surface area contributed by atoms with Gasteiger partial charge < -0.3 is 9.47 Å². The van der Waals surface area contributed by atoms with Gasteiger partial charge in [-0.3, -0.25) is 0 Å². The molecule has 1 saturated heterocycles. The Morgan fingerprint density at radius 1 is 1.47 bits per heavy atom. The smallest absolute Gasteiger partial charge is 0.334 e. The molecule has 17 heavy (non-hydrogen) atoms. The van der Waals surface area contributed by atoms with Gasteiger partial charge in [-0.15, -0.1) is 0 Å². The van der Waals surface area contributed by atoms with E-state index in [1.807, 2.05) is 18.2 Å².